The third kappa shape index (κ3) is 5.95. The number of hydrogen-bond acceptors (Lipinski definition) is 7. The zero-order valence-corrected chi connectivity index (χ0v) is 20.8. The second-order valence-corrected chi connectivity index (χ2v) is 8.84. The first-order valence-electron chi connectivity index (χ1n) is 11.9. The average Bonchev–Trinajstić information content (AvgIpc) is 3.29. The highest BCUT2D eigenvalue weighted by molar-refractivity contribution is 5.98. The van der Waals surface area contributed by atoms with E-state index in [1.165, 1.54) is 18.2 Å². The molecule has 3 amide bonds. The number of aromatic nitrogens is 3. The maximum atomic E-state index is 14.4. The summed E-state index contributed by atoms with van der Waals surface area (Å²) in [6, 6.07) is 11.9. The molecule has 0 aliphatic carbocycles. The summed E-state index contributed by atoms with van der Waals surface area (Å²) in [6.45, 7) is 0.470. The first kappa shape index (κ1) is 26.5. The van der Waals surface area contributed by atoms with E-state index in [2.05, 4.69) is 30.8 Å². The predicted molar refractivity (Wildman–Crippen MR) is 134 cm³/mol. The Balaban J connectivity index is 1.31. The highest BCUT2D eigenvalue weighted by Gasteiger charge is 2.24. The van der Waals surface area contributed by atoms with Crippen LogP contribution in [-0.4, -0.2) is 45.0 Å². The van der Waals surface area contributed by atoms with Crippen molar-refractivity contribution >= 4 is 29.1 Å². The molecule has 0 saturated carbocycles. The fraction of sp³-hybridized carbons (Fsp3) is 0.192. The summed E-state index contributed by atoms with van der Waals surface area (Å²) in [7, 11) is 0. The molecule has 4 aromatic rings. The number of ether oxygens (including phenoxy) is 2. The molecule has 5 rings (SSSR count). The average molecular weight is 554 g/mol. The van der Waals surface area contributed by atoms with Crippen molar-refractivity contribution in [1.29, 1.82) is 0 Å². The highest BCUT2D eigenvalue weighted by Crippen LogP contribution is 2.28. The molecular weight excluding hydrogens is 533 g/mol. The molecule has 1 aliphatic heterocycles. The molecule has 3 heterocycles. The minimum Gasteiger partial charge on any atom is -0.482 e. The standard InChI is InChI=1S/C26H21F3N6O5/c1-26(28,29)40-16-4-2-3-14(7-16)10-31-25(38)20-9-19(34-23-17(27)12-32-35(20)23)24(37)30-11-15-5-6-21-18(8-15)33-22(36)13-39-21/h2-9,12H,10-11,13H2,1H3,(H,30,37)(H,31,38)(H,33,36). The lowest BCUT2D eigenvalue weighted by molar-refractivity contribution is -0.159. The number of carbonyl (C=O) groups excluding carboxylic acids is 3. The van der Waals surface area contributed by atoms with E-state index in [-0.39, 0.29) is 48.4 Å². The van der Waals surface area contributed by atoms with E-state index in [0.29, 0.717) is 29.5 Å². The van der Waals surface area contributed by atoms with Crippen LogP contribution in [0.4, 0.5) is 18.9 Å². The molecular formula is C26H21F3N6O5. The van der Waals surface area contributed by atoms with Gasteiger partial charge in [-0.25, -0.2) is 13.9 Å². The van der Waals surface area contributed by atoms with Crippen LogP contribution in [0.3, 0.4) is 0 Å². The lowest BCUT2D eigenvalue weighted by Gasteiger charge is -2.18. The van der Waals surface area contributed by atoms with E-state index in [0.717, 1.165) is 16.8 Å². The van der Waals surface area contributed by atoms with E-state index < -0.39 is 23.7 Å². The number of alkyl halides is 2. The van der Waals surface area contributed by atoms with Crippen LogP contribution in [0.5, 0.6) is 11.5 Å². The van der Waals surface area contributed by atoms with Gasteiger partial charge in [-0.3, -0.25) is 14.4 Å². The van der Waals surface area contributed by atoms with Crippen molar-refractivity contribution in [1.82, 2.24) is 25.2 Å². The molecule has 206 valence electrons. The summed E-state index contributed by atoms with van der Waals surface area (Å²) in [6.07, 6.45) is -2.52. The van der Waals surface area contributed by atoms with Gasteiger partial charge in [0.05, 0.1) is 11.9 Å². The molecule has 0 fully saturated rings. The lowest BCUT2D eigenvalue weighted by Crippen LogP contribution is -2.29. The number of benzene rings is 2. The van der Waals surface area contributed by atoms with Crippen molar-refractivity contribution in [2.45, 2.75) is 26.1 Å². The van der Waals surface area contributed by atoms with Crippen LogP contribution in [0, 0.1) is 5.82 Å². The molecule has 0 unspecified atom stereocenters. The largest absolute Gasteiger partial charge is 0.482 e. The molecule has 1 aliphatic rings. The molecule has 3 N–H and O–H groups in total. The Labute approximate surface area is 224 Å². The minimum atomic E-state index is -3.38. The fourth-order valence-electron chi connectivity index (χ4n) is 3.93. The summed E-state index contributed by atoms with van der Waals surface area (Å²) < 4.78 is 51.5. The third-order valence-corrected chi connectivity index (χ3v) is 5.67. The summed E-state index contributed by atoms with van der Waals surface area (Å²) in [5.41, 5.74) is 0.791. The van der Waals surface area contributed by atoms with Gasteiger partial charge in [0.25, 0.3) is 17.7 Å². The molecule has 11 nitrogen and oxygen atoms in total. The number of nitrogens with zero attached hydrogens (tertiary/aromatic N) is 3. The van der Waals surface area contributed by atoms with Crippen LogP contribution >= 0.6 is 0 Å². The number of fused-ring (bicyclic) bond motifs is 2. The first-order chi connectivity index (χ1) is 19.1. The SMILES string of the molecule is CC(F)(F)Oc1cccc(CNC(=O)c2cc(C(=O)NCc3ccc4c(c3)NC(=O)CO4)nc3c(F)cnn23)c1. The minimum absolute atomic E-state index is 0.0351. The van der Waals surface area contributed by atoms with E-state index in [4.69, 9.17) is 4.74 Å². The van der Waals surface area contributed by atoms with Crippen LogP contribution < -0.4 is 25.4 Å². The van der Waals surface area contributed by atoms with E-state index in [1.807, 2.05) is 0 Å². The molecule has 0 spiro atoms. The van der Waals surface area contributed by atoms with Gasteiger partial charge in [0.2, 0.25) is 0 Å². The number of carbonyl (C=O) groups is 3. The zero-order chi connectivity index (χ0) is 28.4. The fourth-order valence-corrected chi connectivity index (χ4v) is 3.93. The molecule has 40 heavy (non-hydrogen) atoms. The number of halogens is 3. The Hall–Kier alpha value is -5.14. The molecule has 2 aromatic carbocycles. The Morgan fingerprint density at radius 2 is 1.85 bits per heavy atom. The Morgan fingerprint density at radius 1 is 1.10 bits per heavy atom. The lowest BCUT2D eigenvalue weighted by atomic mass is 10.1. The summed E-state index contributed by atoms with van der Waals surface area (Å²) >= 11 is 0. The van der Waals surface area contributed by atoms with E-state index >= 15 is 0 Å². The monoisotopic (exact) mass is 554 g/mol. The van der Waals surface area contributed by atoms with Gasteiger partial charge >= 0.3 is 6.11 Å². The number of nitrogens with one attached hydrogen (secondary N) is 3. The topological polar surface area (TPSA) is 136 Å². The first-order valence-corrected chi connectivity index (χ1v) is 11.9. The second kappa shape index (κ2) is 10.6. The van der Waals surface area contributed by atoms with Crippen molar-refractivity contribution in [2.75, 3.05) is 11.9 Å². The van der Waals surface area contributed by atoms with Crippen molar-refractivity contribution in [3.05, 3.63) is 83.1 Å². The van der Waals surface area contributed by atoms with Gasteiger partial charge < -0.3 is 25.4 Å². The molecule has 14 heteroatoms. The number of anilines is 1. The van der Waals surface area contributed by atoms with Gasteiger partial charge in [-0.1, -0.05) is 18.2 Å². The summed E-state index contributed by atoms with van der Waals surface area (Å²) in [4.78, 5) is 41.5. The van der Waals surface area contributed by atoms with Crippen molar-refractivity contribution < 1.29 is 37.0 Å². The summed E-state index contributed by atoms with van der Waals surface area (Å²) in [5, 5.41) is 11.7. The molecule has 0 radical (unpaired) electrons. The summed E-state index contributed by atoms with van der Waals surface area (Å²) in [5.74, 6) is -2.16. The van der Waals surface area contributed by atoms with Crippen molar-refractivity contribution in [3.63, 3.8) is 0 Å². The number of hydrogen-bond donors (Lipinski definition) is 3. The van der Waals surface area contributed by atoms with Gasteiger partial charge in [0.15, 0.2) is 18.1 Å². The van der Waals surface area contributed by atoms with Crippen LogP contribution in [-0.2, 0) is 17.9 Å². The Bertz CT molecular complexity index is 1640. The second-order valence-electron chi connectivity index (χ2n) is 8.84. The molecule has 0 bridgehead atoms. The predicted octanol–water partition coefficient (Wildman–Crippen LogP) is 3.05. The van der Waals surface area contributed by atoms with E-state index in [1.54, 1.807) is 24.3 Å². The highest BCUT2D eigenvalue weighted by atomic mass is 19.3. The third-order valence-electron chi connectivity index (χ3n) is 5.67. The van der Waals surface area contributed by atoms with Gasteiger partial charge in [0.1, 0.15) is 22.9 Å². The van der Waals surface area contributed by atoms with Crippen LogP contribution in [0.1, 0.15) is 39.0 Å². The maximum absolute atomic E-state index is 14.4. The Kier molecular flexibility index (Phi) is 6.98. The molecule has 0 atom stereocenters. The van der Waals surface area contributed by atoms with Gasteiger partial charge in [0, 0.05) is 26.1 Å². The van der Waals surface area contributed by atoms with Gasteiger partial charge in [-0.2, -0.15) is 13.9 Å². The zero-order valence-electron chi connectivity index (χ0n) is 20.8. The number of rotatable bonds is 8. The quantitative estimate of drug-likeness (QED) is 0.305. The normalized spacial score (nSPS) is 12.8. The van der Waals surface area contributed by atoms with E-state index in [9.17, 15) is 27.6 Å². The van der Waals surface area contributed by atoms with Gasteiger partial charge in [-0.05, 0) is 35.4 Å². The molecule has 0 saturated heterocycles. The number of amides is 3. The van der Waals surface area contributed by atoms with Gasteiger partial charge in [-0.15, -0.1) is 0 Å². The van der Waals surface area contributed by atoms with Crippen molar-refractivity contribution in [3.8, 4) is 11.5 Å². The maximum Gasteiger partial charge on any atom is 0.394 e. The molecule has 2 aromatic heterocycles. The van der Waals surface area contributed by atoms with Crippen molar-refractivity contribution in [2.24, 2.45) is 0 Å². The van der Waals surface area contributed by atoms with Crippen LogP contribution in [0.2, 0.25) is 0 Å². The van der Waals surface area contributed by atoms with Crippen LogP contribution in [0.25, 0.3) is 5.65 Å². The van der Waals surface area contributed by atoms with Crippen LogP contribution in [0.15, 0.2) is 54.7 Å². The smallest absolute Gasteiger partial charge is 0.394 e. The Morgan fingerprint density at radius 3 is 2.62 bits per heavy atom.